The van der Waals surface area contributed by atoms with Crippen LogP contribution in [0.2, 0.25) is 5.28 Å². The molecule has 23 heavy (non-hydrogen) atoms. The van der Waals surface area contributed by atoms with Gasteiger partial charge in [-0.15, -0.1) is 0 Å². The number of benzene rings is 2. The highest BCUT2D eigenvalue weighted by molar-refractivity contribution is 6.31. The molecule has 0 atom stereocenters. The van der Waals surface area contributed by atoms with Crippen LogP contribution in [0.5, 0.6) is 0 Å². The van der Waals surface area contributed by atoms with E-state index in [1.165, 1.54) is 8.84 Å². The largest absolute Gasteiger partial charge is 0.251 e. The minimum absolute atomic E-state index is 0.00633. The summed E-state index contributed by atoms with van der Waals surface area (Å²) < 4.78 is 2.57. The van der Waals surface area contributed by atoms with Crippen LogP contribution < -0.4 is 8.84 Å². The maximum atomic E-state index is 6.29. The fourth-order valence-corrected chi connectivity index (χ4v) is 2.38. The smallest absolute Gasteiger partial charge is 0.220 e. The Morgan fingerprint density at radius 3 is 1.39 bits per heavy atom. The van der Waals surface area contributed by atoms with E-state index in [2.05, 4.69) is 15.0 Å². The van der Waals surface area contributed by atoms with Gasteiger partial charge in [-0.25, -0.2) is 8.84 Å². The second kappa shape index (κ2) is 7.00. The van der Waals surface area contributed by atoms with Gasteiger partial charge in [-0.3, -0.25) is 0 Å². The summed E-state index contributed by atoms with van der Waals surface area (Å²) in [6.07, 6.45) is 0. The molecule has 1 aromatic heterocycles. The first kappa shape index (κ1) is 15.8. The van der Waals surface area contributed by atoms with E-state index in [0.717, 1.165) is 0 Å². The summed E-state index contributed by atoms with van der Waals surface area (Å²) in [6, 6.07) is 18.5. The molecule has 2 aromatic carbocycles. The van der Waals surface area contributed by atoms with E-state index in [0.29, 0.717) is 11.4 Å². The number of hydrogen-bond acceptors (Lipinski definition) is 5. The van der Waals surface area contributed by atoms with Gasteiger partial charge in [0.1, 0.15) is 0 Å². The SMILES string of the molecule is Clc1nc(N(Cl)c2ccccc2)nc(N(Cl)c2ccccc2)n1. The lowest BCUT2D eigenvalue weighted by molar-refractivity contribution is 1.02. The van der Waals surface area contributed by atoms with Crippen LogP contribution in [0.15, 0.2) is 60.7 Å². The molecule has 0 saturated carbocycles. The first-order valence-electron chi connectivity index (χ1n) is 6.58. The standard InChI is InChI=1S/C15H10Cl3N5/c16-13-19-14(22(17)11-7-3-1-4-8-11)21-15(20-13)23(18)12-9-5-2-6-10-12/h1-10H. The van der Waals surface area contributed by atoms with Crippen LogP contribution in [0.25, 0.3) is 0 Å². The summed E-state index contributed by atoms with van der Waals surface area (Å²) >= 11 is 18.6. The molecule has 3 aromatic rings. The van der Waals surface area contributed by atoms with E-state index in [1.807, 2.05) is 60.7 Å². The second-order valence-corrected chi connectivity index (χ2v) is 5.45. The lowest BCUT2D eigenvalue weighted by Crippen LogP contribution is -2.12. The van der Waals surface area contributed by atoms with Crippen molar-refractivity contribution >= 4 is 58.4 Å². The predicted octanol–water partition coefficient (Wildman–Crippen LogP) is 5.11. The van der Waals surface area contributed by atoms with E-state index in [-0.39, 0.29) is 17.2 Å². The minimum atomic E-state index is -0.00633. The molecule has 0 aliphatic carbocycles. The zero-order valence-electron chi connectivity index (χ0n) is 11.6. The predicted molar refractivity (Wildman–Crippen MR) is 93.7 cm³/mol. The molecular formula is C15H10Cl3N5. The van der Waals surface area contributed by atoms with Gasteiger partial charge in [-0.05, 0) is 35.9 Å². The van der Waals surface area contributed by atoms with Crippen molar-refractivity contribution in [2.45, 2.75) is 0 Å². The molecule has 0 amide bonds. The van der Waals surface area contributed by atoms with Crippen LogP contribution >= 0.6 is 35.2 Å². The molecule has 116 valence electrons. The topological polar surface area (TPSA) is 45.2 Å². The third-order valence-corrected chi connectivity index (χ3v) is 3.76. The van der Waals surface area contributed by atoms with Crippen LogP contribution in [-0.2, 0) is 0 Å². The number of nitrogens with zero attached hydrogens (tertiary/aromatic N) is 5. The Kier molecular flexibility index (Phi) is 4.81. The Labute approximate surface area is 148 Å². The van der Waals surface area contributed by atoms with Crippen LogP contribution in [0, 0.1) is 0 Å². The van der Waals surface area contributed by atoms with Crippen LogP contribution in [-0.4, -0.2) is 15.0 Å². The molecule has 0 fully saturated rings. The monoisotopic (exact) mass is 365 g/mol. The summed E-state index contributed by atoms with van der Waals surface area (Å²) in [7, 11) is 0. The van der Waals surface area contributed by atoms with Crippen molar-refractivity contribution in [3.05, 3.63) is 65.9 Å². The lowest BCUT2D eigenvalue weighted by atomic mass is 10.3. The lowest BCUT2D eigenvalue weighted by Gasteiger charge is -2.17. The van der Waals surface area contributed by atoms with Crippen molar-refractivity contribution in [1.82, 2.24) is 15.0 Å². The van der Waals surface area contributed by atoms with Crippen molar-refractivity contribution < 1.29 is 0 Å². The summed E-state index contributed by atoms with van der Waals surface area (Å²) in [4.78, 5) is 12.3. The quantitative estimate of drug-likeness (QED) is 0.600. The summed E-state index contributed by atoms with van der Waals surface area (Å²) in [6.45, 7) is 0. The van der Waals surface area contributed by atoms with Crippen molar-refractivity contribution in [3.8, 4) is 0 Å². The second-order valence-electron chi connectivity index (χ2n) is 4.44. The molecule has 0 spiro atoms. The Morgan fingerprint density at radius 2 is 1.00 bits per heavy atom. The van der Waals surface area contributed by atoms with Gasteiger partial charge in [0.2, 0.25) is 5.28 Å². The Morgan fingerprint density at radius 1 is 0.609 bits per heavy atom. The molecule has 0 saturated heterocycles. The van der Waals surface area contributed by atoms with Gasteiger partial charge in [-0.1, -0.05) is 36.4 Å². The van der Waals surface area contributed by atoms with Gasteiger partial charge in [0.15, 0.2) is 0 Å². The van der Waals surface area contributed by atoms with Gasteiger partial charge < -0.3 is 0 Å². The first-order valence-corrected chi connectivity index (χ1v) is 7.64. The summed E-state index contributed by atoms with van der Waals surface area (Å²) in [5, 5.41) is -0.00633. The van der Waals surface area contributed by atoms with Gasteiger partial charge >= 0.3 is 0 Å². The van der Waals surface area contributed by atoms with Crippen molar-refractivity contribution in [2.24, 2.45) is 0 Å². The Bertz CT molecular complexity index is 722. The number of halogens is 3. The molecule has 3 rings (SSSR count). The molecule has 0 bridgehead atoms. The van der Waals surface area contributed by atoms with E-state index in [1.54, 1.807) is 0 Å². The summed E-state index contributed by atoms with van der Waals surface area (Å²) in [5.74, 6) is 0.351. The van der Waals surface area contributed by atoms with E-state index in [4.69, 9.17) is 35.2 Å². The molecule has 5 nitrogen and oxygen atoms in total. The van der Waals surface area contributed by atoms with Crippen LogP contribution in [0.4, 0.5) is 23.3 Å². The highest BCUT2D eigenvalue weighted by atomic mass is 35.5. The summed E-state index contributed by atoms with van der Waals surface area (Å²) in [5.41, 5.74) is 1.39. The van der Waals surface area contributed by atoms with Gasteiger partial charge in [0, 0.05) is 23.6 Å². The van der Waals surface area contributed by atoms with E-state index < -0.39 is 0 Å². The third-order valence-electron chi connectivity index (χ3n) is 2.90. The highest BCUT2D eigenvalue weighted by Gasteiger charge is 2.17. The maximum Gasteiger partial charge on any atom is 0.251 e. The molecule has 0 unspecified atom stereocenters. The van der Waals surface area contributed by atoms with Crippen molar-refractivity contribution in [1.29, 1.82) is 0 Å². The zero-order valence-corrected chi connectivity index (χ0v) is 13.9. The third kappa shape index (κ3) is 3.64. The Hall–Kier alpha value is -2.08. The molecular weight excluding hydrogens is 357 g/mol. The van der Waals surface area contributed by atoms with Gasteiger partial charge in [0.25, 0.3) is 11.9 Å². The number of aromatic nitrogens is 3. The number of hydrogen-bond donors (Lipinski definition) is 0. The molecule has 8 heteroatoms. The maximum absolute atomic E-state index is 6.29. The van der Waals surface area contributed by atoms with Crippen molar-refractivity contribution in [3.63, 3.8) is 0 Å². The number of anilines is 4. The van der Waals surface area contributed by atoms with Crippen LogP contribution in [0.1, 0.15) is 0 Å². The van der Waals surface area contributed by atoms with Gasteiger partial charge in [0.05, 0.1) is 11.4 Å². The fourth-order valence-electron chi connectivity index (χ4n) is 1.85. The first-order chi connectivity index (χ1) is 11.1. The molecule has 0 radical (unpaired) electrons. The molecule has 1 heterocycles. The van der Waals surface area contributed by atoms with E-state index in [9.17, 15) is 0 Å². The number of rotatable bonds is 4. The fraction of sp³-hybridized carbons (Fsp3) is 0. The van der Waals surface area contributed by atoms with Crippen molar-refractivity contribution in [2.75, 3.05) is 8.84 Å². The molecule has 0 aliphatic heterocycles. The normalized spacial score (nSPS) is 10.4. The average Bonchev–Trinajstić information content (AvgIpc) is 2.61. The molecule has 0 N–H and O–H groups in total. The highest BCUT2D eigenvalue weighted by Crippen LogP contribution is 2.29. The van der Waals surface area contributed by atoms with Crippen LogP contribution in [0.3, 0.4) is 0 Å². The average molecular weight is 367 g/mol. The number of para-hydroxylation sites is 2. The zero-order chi connectivity index (χ0) is 16.2. The Balaban J connectivity index is 1.96. The minimum Gasteiger partial charge on any atom is -0.220 e. The molecule has 0 aliphatic rings. The van der Waals surface area contributed by atoms with E-state index >= 15 is 0 Å². The van der Waals surface area contributed by atoms with Gasteiger partial charge in [-0.2, -0.15) is 15.0 Å².